The number of fused-ring (bicyclic) bond motifs is 2. The molecule has 0 aromatic heterocycles. The van der Waals surface area contributed by atoms with Crippen LogP contribution in [-0.4, -0.2) is 37.0 Å². The first-order valence-electron chi connectivity index (χ1n) is 10.6. The molecule has 0 N–H and O–H groups in total. The van der Waals surface area contributed by atoms with Crippen LogP contribution < -0.4 is 4.90 Å². The lowest BCUT2D eigenvalue weighted by atomic mass is 9.74. The van der Waals surface area contributed by atoms with Gasteiger partial charge < -0.3 is 9.80 Å². The van der Waals surface area contributed by atoms with Gasteiger partial charge in [0.25, 0.3) is 5.91 Å². The summed E-state index contributed by atoms with van der Waals surface area (Å²) in [5.74, 6) is 0.528. The SMILES string of the molecule is O=C(c1ccccc1Cl)N1CC2(CCN(CC3CCC3)CC2)c2cc(F)ccc21. The Morgan fingerprint density at radius 2 is 1.90 bits per heavy atom. The first kappa shape index (κ1) is 19.1. The number of piperidine rings is 1. The number of nitrogens with zero attached hydrogens (tertiary/aromatic N) is 2. The second-order valence-corrected chi connectivity index (χ2v) is 9.32. The highest BCUT2D eigenvalue weighted by Crippen LogP contribution is 2.48. The fraction of sp³-hybridized carbons (Fsp3) is 0.458. The molecular weight excluding hydrogens is 387 g/mol. The van der Waals surface area contributed by atoms with Crippen LogP contribution in [0.5, 0.6) is 0 Å². The van der Waals surface area contributed by atoms with E-state index in [9.17, 15) is 9.18 Å². The van der Waals surface area contributed by atoms with E-state index in [1.807, 2.05) is 17.0 Å². The van der Waals surface area contributed by atoms with Gasteiger partial charge in [-0.05, 0) is 80.6 Å². The quantitative estimate of drug-likeness (QED) is 0.685. The zero-order valence-corrected chi connectivity index (χ0v) is 17.3. The van der Waals surface area contributed by atoms with Crippen LogP contribution >= 0.6 is 11.6 Å². The number of amides is 1. The molecular formula is C24H26ClFN2O. The van der Waals surface area contributed by atoms with Gasteiger partial charge in [0, 0.05) is 24.2 Å². The van der Waals surface area contributed by atoms with Gasteiger partial charge in [-0.1, -0.05) is 30.2 Å². The molecule has 1 saturated carbocycles. The molecule has 0 bridgehead atoms. The third-order valence-electron chi connectivity index (χ3n) is 7.19. The molecule has 1 spiro atoms. The Morgan fingerprint density at radius 1 is 1.14 bits per heavy atom. The summed E-state index contributed by atoms with van der Waals surface area (Å²) in [5, 5.41) is 0.456. The number of carbonyl (C=O) groups is 1. The molecule has 1 amide bonds. The zero-order valence-electron chi connectivity index (χ0n) is 16.5. The topological polar surface area (TPSA) is 23.6 Å². The Hall–Kier alpha value is -1.91. The summed E-state index contributed by atoms with van der Waals surface area (Å²) in [5.41, 5.74) is 2.17. The predicted octanol–water partition coefficient (Wildman–Crippen LogP) is 5.27. The predicted molar refractivity (Wildman–Crippen MR) is 114 cm³/mol. The molecule has 29 heavy (non-hydrogen) atoms. The molecule has 1 aliphatic carbocycles. The van der Waals surface area contributed by atoms with Gasteiger partial charge in [0.15, 0.2) is 0 Å². The highest BCUT2D eigenvalue weighted by atomic mass is 35.5. The first-order valence-corrected chi connectivity index (χ1v) is 11.0. The summed E-state index contributed by atoms with van der Waals surface area (Å²) >= 11 is 6.30. The normalized spacial score (nSPS) is 21.2. The van der Waals surface area contributed by atoms with Crippen molar-refractivity contribution in [2.45, 2.75) is 37.5 Å². The van der Waals surface area contributed by atoms with Crippen LogP contribution in [0.4, 0.5) is 10.1 Å². The highest BCUT2D eigenvalue weighted by Gasteiger charge is 2.47. The molecule has 152 valence electrons. The van der Waals surface area contributed by atoms with E-state index in [4.69, 9.17) is 11.6 Å². The molecule has 5 heteroatoms. The minimum absolute atomic E-state index is 0.0998. The van der Waals surface area contributed by atoms with E-state index in [0.29, 0.717) is 17.1 Å². The van der Waals surface area contributed by atoms with Crippen molar-refractivity contribution >= 4 is 23.2 Å². The van der Waals surface area contributed by atoms with Gasteiger partial charge in [0.2, 0.25) is 0 Å². The van der Waals surface area contributed by atoms with Gasteiger partial charge in [-0.2, -0.15) is 0 Å². The maximum atomic E-state index is 14.2. The summed E-state index contributed by atoms with van der Waals surface area (Å²) in [6.07, 6.45) is 6.00. The Kier molecular flexibility index (Phi) is 4.87. The fourth-order valence-corrected chi connectivity index (χ4v) is 5.45. The Balaban J connectivity index is 1.42. The molecule has 5 rings (SSSR count). The molecule has 3 nitrogen and oxygen atoms in total. The number of hydrogen-bond donors (Lipinski definition) is 0. The lowest BCUT2D eigenvalue weighted by Gasteiger charge is -2.42. The molecule has 2 aromatic rings. The number of benzene rings is 2. The lowest BCUT2D eigenvalue weighted by Crippen LogP contribution is -2.47. The molecule has 2 aromatic carbocycles. The Bertz CT molecular complexity index is 934. The number of hydrogen-bond acceptors (Lipinski definition) is 2. The lowest BCUT2D eigenvalue weighted by molar-refractivity contribution is 0.0966. The van der Waals surface area contributed by atoms with Crippen LogP contribution in [0.1, 0.15) is 48.0 Å². The van der Waals surface area contributed by atoms with E-state index in [-0.39, 0.29) is 17.1 Å². The summed E-state index contributed by atoms with van der Waals surface area (Å²) in [7, 11) is 0. The number of halogens is 2. The van der Waals surface area contributed by atoms with Crippen molar-refractivity contribution in [1.29, 1.82) is 0 Å². The van der Waals surface area contributed by atoms with Crippen molar-refractivity contribution < 1.29 is 9.18 Å². The van der Waals surface area contributed by atoms with E-state index >= 15 is 0 Å². The summed E-state index contributed by atoms with van der Waals surface area (Å²) in [4.78, 5) is 17.7. The Morgan fingerprint density at radius 3 is 2.59 bits per heavy atom. The Labute approximate surface area is 176 Å². The molecule has 2 fully saturated rings. The summed E-state index contributed by atoms with van der Waals surface area (Å²) < 4.78 is 14.2. The van der Waals surface area contributed by atoms with Crippen molar-refractivity contribution in [3.63, 3.8) is 0 Å². The zero-order chi connectivity index (χ0) is 20.0. The second kappa shape index (κ2) is 7.41. The van der Waals surface area contributed by atoms with Crippen LogP contribution in [0, 0.1) is 11.7 Å². The largest absolute Gasteiger partial charge is 0.307 e. The van der Waals surface area contributed by atoms with Crippen molar-refractivity contribution in [1.82, 2.24) is 4.90 Å². The van der Waals surface area contributed by atoms with Gasteiger partial charge in [-0.25, -0.2) is 4.39 Å². The maximum Gasteiger partial charge on any atom is 0.259 e. The molecule has 2 heterocycles. The molecule has 1 saturated heterocycles. The van der Waals surface area contributed by atoms with Gasteiger partial charge in [0.05, 0.1) is 10.6 Å². The van der Waals surface area contributed by atoms with Crippen molar-refractivity contribution in [3.8, 4) is 0 Å². The minimum Gasteiger partial charge on any atom is -0.307 e. The maximum absolute atomic E-state index is 14.2. The van der Waals surface area contributed by atoms with E-state index in [1.165, 1.54) is 31.9 Å². The van der Waals surface area contributed by atoms with E-state index in [1.54, 1.807) is 24.3 Å². The van der Waals surface area contributed by atoms with Gasteiger partial charge in [-0.3, -0.25) is 4.79 Å². The van der Waals surface area contributed by atoms with Crippen LogP contribution in [0.15, 0.2) is 42.5 Å². The van der Waals surface area contributed by atoms with Gasteiger partial charge in [-0.15, -0.1) is 0 Å². The monoisotopic (exact) mass is 412 g/mol. The summed E-state index contributed by atoms with van der Waals surface area (Å²) in [6.45, 7) is 3.82. The first-order chi connectivity index (χ1) is 14.1. The molecule has 3 aliphatic rings. The average molecular weight is 413 g/mol. The second-order valence-electron chi connectivity index (χ2n) is 8.91. The molecule has 0 radical (unpaired) electrons. The number of rotatable bonds is 3. The van der Waals surface area contributed by atoms with Crippen molar-refractivity contribution in [2.24, 2.45) is 5.92 Å². The number of anilines is 1. The van der Waals surface area contributed by atoms with E-state index in [2.05, 4.69) is 4.90 Å². The highest BCUT2D eigenvalue weighted by molar-refractivity contribution is 6.34. The number of carbonyl (C=O) groups excluding carboxylic acids is 1. The van der Waals surface area contributed by atoms with Crippen LogP contribution in [-0.2, 0) is 5.41 Å². The van der Waals surface area contributed by atoms with Crippen molar-refractivity contribution in [2.75, 3.05) is 31.1 Å². The van der Waals surface area contributed by atoms with E-state index < -0.39 is 0 Å². The minimum atomic E-state index is -0.230. The van der Waals surface area contributed by atoms with E-state index in [0.717, 1.165) is 43.1 Å². The number of likely N-dealkylation sites (tertiary alicyclic amines) is 1. The third-order valence-corrected chi connectivity index (χ3v) is 7.51. The van der Waals surface area contributed by atoms with Gasteiger partial charge >= 0.3 is 0 Å². The third kappa shape index (κ3) is 3.36. The fourth-order valence-electron chi connectivity index (χ4n) is 5.23. The molecule has 0 atom stereocenters. The molecule has 2 aliphatic heterocycles. The molecule has 0 unspecified atom stereocenters. The van der Waals surface area contributed by atoms with Gasteiger partial charge in [0.1, 0.15) is 5.82 Å². The van der Waals surface area contributed by atoms with Crippen LogP contribution in [0.3, 0.4) is 0 Å². The smallest absolute Gasteiger partial charge is 0.259 e. The van der Waals surface area contributed by atoms with Crippen LogP contribution in [0.2, 0.25) is 5.02 Å². The average Bonchev–Trinajstić information content (AvgIpc) is 3.00. The standard InChI is InChI=1S/C24H26ClFN2O/c25-21-7-2-1-6-19(21)23(29)28-16-24(20-14-18(26)8-9-22(20)28)10-12-27(13-11-24)15-17-4-3-5-17/h1-2,6-9,14,17H,3-5,10-13,15-16H2. The van der Waals surface area contributed by atoms with Crippen molar-refractivity contribution in [3.05, 3.63) is 64.4 Å². The van der Waals surface area contributed by atoms with Crippen LogP contribution in [0.25, 0.3) is 0 Å². The summed E-state index contributed by atoms with van der Waals surface area (Å²) in [6, 6.07) is 12.0.